The number of carbonyl (C=O) groups excluding carboxylic acids is 2. The summed E-state index contributed by atoms with van der Waals surface area (Å²) in [5, 5.41) is 2.84. The molecule has 1 aromatic rings. The van der Waals surface area contributed by atoms with E-state index >= 15 is 0 Å². The minimum absolute atomic E-state index is 0.00302. The van der Waals surface area contributed by atoms with Crippen LogP contribution in [0.25, 0.3) is 0 Å². The van der Waals surface area contributed by atoms with Gasteiger partial charge in [0.25, 0.3) is 0 Å². The van der Waals surface area contributed by atoms with Crippen molar-refractivity contribution < 1.29 is 18.0 Å². The molecule has 130 valence electrons. The topological polar surface area (TPSA) is 83.6 Å². The molecule has 1 aliphatic heterocycles. The standard InChI is InChI=1S/C17H22N2O4S/c1-19(14-7-10-24(22,23)12-14)16(21)17(8-9-17)15(20)18-11-13-5-3-2-4-6-13/h2-6,14H,7-12H2,1H3,(H,18,20). The van der Waals surface area contributed by atoms with E-state index in [-0.39, 0.29) is 29.4 Å². The van der Waals surface area contributed by atoms with Crippen LogP contribution in [0.5, 0.6) is 0 Å². The monoisotopic (exact) mass is 350 g/mol. The molecular formula is C17H22N2O4S. The minimum atomic E-state index is -3.06. The van der Waals surface area contributed by atoms with E-state index in [4.69, 9.17) is 0 Å². The Kier molecular flexibility index (Phi) is 4.38. The summed E-state index contributed by atoms with van der Waals surface area (Å²) in [6, 6.07) is 9.21. The fourth-order valence-corrected chi connectivity index (χ4v) is 4.97. The molecule has 0 spiro atoms. The van der Waals surface area contributed by atoms with Gasteiger partial charge in [0.2, 0.25) is 11.8 Å². The predicted molar refractivity (Wildman–Crippen MR) is 89.8 cm³/mol. The molecule has 1 N–H and O–H groups in total. The maximum Gasteiger partial charge on any atom is 0.238 e. The number of nitrogens with zero attached hydrogens (tertiary/aromatic N) is 1. The van der Waals surface area contributed by atoms with E-state index in [1.807, 2.05) is 30.3 Å². The molecule has 7 heteroatoms. The molecule has 2 aliphatic rings. The highest BCUT2D eigenvalue weighted by molar-refractivity contribution is 7.91. The van der Waals surface area contributed by atoms with Crippen LogP contribution in [-0.4, -0.2) is 49.7 Å². The van der Waals surface area contributed by atoms with Gasteiger partial charge in [-0.25, -0.2) is 8.42 Å². The first kappa shape index (κ1) is 17.0. The zero-order chi connectivity index (χ0) is 17.4. The average Bonchev–Trinajstić information content (AvgIpc) is 3.30. The Morgan fingerprint density at radius 2 is 1.92 bits per heavy atom. The third-order valence-corrected chi connectivity index (χ3v) is 6.72. The molecular weight excluding hydrogens is 328 g/mol. The molecule has 1 saturated heterocycles. The van der Waals surface area contributed by atoms with Crippen molar-refractivity contribution in [2.75, 3.05) is 18.6 Å². The fraction of sp³-hybridized carbons (Fsp3) is 0.529. The Bertz CT molecular complexity index is 741. The van der Waals surface area contributed by atoms with Crippen molar-refractivity contribution in [2.24, 2.45) is 5.41 Å². The summed E-state index contributed by atoms with van der Waals surface area (Å²) in [5.41, 5.74) is -0.0278. The van der Waals surface area contributed by atoms with Crippen LogP contribution >= 0.6 is 0 Å². The first-order chi connectivity index (χ1) is 11.3. The van der Waals surface area contributed by atoms with E-state index in [0.717, 1.165) is 5.56 Å². The summed E-state index contributed by atoms with van der Waals surface area (Å²) in [7, 11) is -1.45. The zero-order valence-electron chi connectivity index (χ0n) is 13.7. The third-order valence-electron chi connectivity index (χ3n) is 4.97. The summed E-state index contributed by atoms with van der Waals surface area (Å²) in [5.74, 6) is -0.404. The molecule has 1 heterocycles. The molecule has 2 fully saturated rings. The second-order valence-electron chi connectivity index (χ2n) is 6.72. The highest BCUT2D eigenvalue weighted by Gasteiger charge is 2.58. The van der Waals surface area contributed by atoms with Gasteiger partial charge >= 0.3 is 0 Å². The van der Waals surface area contributed by atoms with Gasteiger partial charge in [-0.05, 0) is 24.8 Å². The normalized spacial score (nSPS) is 23.5. The lowest BCUT2D eigenvalue weighted by atomic mass is 10.0. The van der Waals surface area contributed by atoms with Crippen molar-refractivity contribution >= 4 is 21.7 Å². The van der Waals surface area contributed by atoms with Crippen LogP contribution < -0.4 is 5.32 Å². The molecule has 3 rings (SSSR count). The number of benzene rings is 1. The van der Waals surface area contributed by atoms with Crippen LogP contribution in [0, 0.1) is 5.41 Å². The number of nitrogens with one attached hydrogen (secondary N) is 1. The smallest absolute Gasteiger partial charge is 0.238 e. The van der Waals surface area contributed by atoms with Crippen LogP contribution in [0.2, 0.25) is 0 Å². The predicted octanol–water partition coefficient (Wildman–Crippen LogP) is 0.728. The van der Waals surface area contributed by atoms with Gasteiger partial charge in [-0.15, -0.1) is 0 Å². The summed E-state index contributed by atoms with van der Waals surface area (Å²) in [6.07, 6.45) is 1.50. The first-order valence-electron chi connectivity index (χ1n) is 8.14. The summed E-state index contributed by atoms with van der Waals surface area (Å²) < 4.78 is 23.2. The van der Waals surface area contributed by atoms with Gasteiger partial charge in [-0.3, -0.25) is 9.59 Å². The second kappa shape index (κ2) is 6.20. The number of amides is 2. The third kappa shape index (κ3) is 3.31. The molecule has 1 atom stereocenters. The van der Waals surface area contributed by atoms with E-state index < -0.39 is 15.3 Å². The molecule has 1 unspecified atom stereocenters. The maximum atomic E-state index is 12.7. The van der Waals surface area contributed by atoms with Gasteiger partial charge in [0.05, 0.1) is 11.5 Å². The van der Waals surface area contributed by atoms with E-state index in [1.54, 1.807) is 7.05 Å². The Morgan fingerprint density at radius 1 is 1.25 bits per heavy atom. The molecule has 0 bridgehead atoms. The van der Waals surface area contributed by atoms with Gasteiger partial charge in [-0.2, -0.15) is 0 Å². The Balaban J connectivity index is 1.62. The highest BCUT2D eigenvalue weighted by Crippen LogP contribution is 2.48. The summed E-state index contributed by atoms with van der Waals surface area (Å²) in [4.78, 5) is 26.7. The highest BCUT2D eigenvalue weighted by atomic mass is 32.2. The van der Waals surface area contributed by atoms with Gasteiger partial charge in [0, 0.05) is 19.6 Å². The van der Waals surface area contributed by atoms with Gasteiger partial charge in [-0.1, -0.05) is 30.3 Å². The lowest BCUT2D eigenvalue weighted by Crippen LogP contribution is -2.47. The number of sulfone groups is 1. The number of hydrogen-bond acceptors (Lipinski definition) is 4. The van der Waals surface area contributed by atoms with Gasteiger partial charge in [0.1, 0.15) is 5.41 Å². The first-order valence-corrected chi connectivity index (χ1v) is 9.96. The SMILES string of the molecule is CN(C(=O)C1(C(=O)NCc2ccccc2)CC1)C1CCS(=O)(=O)C1. The maximum absolute atomic E-state index is 12.7. The molecule has 1 aromatic carbocycles. The number of carbonyl (C=O) groups is 2. The molecule has 2 amide bonds. The zero-order valence-corrected chi connectivity index (χ0v) is 14.5. The van der Waals surface area contributed by atoms with E-state index in [0.29, 0.717) is 25.8 Å². The lowest BCUT2D eigenvalue weighted by molar-refractivity contribution is -0.144. The molecule has 6 nitrogen and oxygen atoms in total. The van der Waals surface area contributed by atoms with Crippen molar-refractivity contribution in [3.05, 3.63) is 35.9 Å². The Labute approximate surface area is 142 Å². The molecule has 1 aliphatic carbocycles. The van der Waals surface area contributed by atoms with Crippen molar-refractivity contribution in [3.8, 4) is 0 Å². The largest absolute Gasteiger partial charge is 0.351 e. The molecule has 24 heavy (non-hydrogen) atoms. The van der Waals surface area contributed by atoms with Gasteiger partial charge in [0.15, 0.2) is 9.84 Å². The van der Waals surface area contributed by atoms with Crippen LogP contribution in [0.3, 0.4) is 0 Å². The van der Waals surface area contributed by atoms with Crippen LogP contribution in [0.1, 0.15) is 24.8 Å². The van der Waals surface area contributed by atoms with E-state index in [9.17, 15) is 18.0 Å². The van der Waals surface area contributed by atoms with E-state index in [1.165, 1.54) is 4.90 Å². The molecule has 0 radical (unpaired) electrons. The van der Waals surface area contributed by atoms with Crippen LogP contribution in [-0.2, 0) is 26.0 Å². The lowest BCUT2D eigenvalue weighted by Gasteiger charge is -2.27. The summed E-state index contributed by atoms with van der Waals surface area (Å²) in [6.45, 7) is 0.385. The number of rotatable bonds is 5. The van der Waals surface area contributed by atoms with Gasteiger partial charge < -0.3 is 10.2 Å². The molecule has 0 aromatic heterocycles. The Morgan fingerprint density at radius 3 is 2.46 bits per heavy atom. The van der Waals surface area contributed by atoms with Crippen molar-refractivity contribution in [1.82, 2.24) is 10.2 Å². The Hall–Kier alpha value is -1.89. The fourth-order valence-electron chi connectivity index (χ4n) is 3.19. The number of hydrogen-bond donors (Lipinski definition) is 1. The van der Waals surface area contributed by atoms with Crippen molar-refractivity contribution in [2.45, 2.75) is 31.8 Å². The van der Waals surface area contributed by atoms with Crippen LogP contribution in [0.15, 0.2) is 30.3 Å². The van der Waals surface area contributed by atoms with Crippen molar-refractivity contribution in [1.29, 1.82) is 0 Å². The average molecular weight is 350 g/mol. The quantitative estimate of drug-likeness (QED) is 0.794. The van der Waals surface area contributed by atoms with Crippen molar-refractivity contribution in [3.63, 3.8) is 0 Å². The van der Waals surface area contributed by atoms with E-state index in [2.05, 4.69) is 5.32 Å². The molecule has 1 saturated carbocycles. The minimum Gasteiger partial charge on any atom is -0.351 e. The second-order valence-corrected chi connectivity index (χ2v) is 8.95. The summed E-state index contributed by atoms with van der Waals surface area (Å²) >= 11 is 0. The van der Waals surface area contributed by atoms with Crippen LogP contribution in [0.4, 0.5) is 0 Å².